The molecular formula is C19H19F6N5O2. The van der Waals surface area contributed by atoms with Gasteiger partial charge in [0.1, 0.15) is 6.04 Å². The number of nitrogens with one attached hydrogen (secondary N) is 1. The zero-order chi connectivity index (χ0) is 23.8. The molecule has 0 aromatic heterocycles. The van der Waals surface area contributed by atoms with Gasteiger partial charge in [-0.2, -0.15) is 31.6 Å². The third-order valence-corrected chi connectivity index (χ3v) is 5.72. The number of carbonyl (C=O) groups is 2. The molecule has 2 fully saturated rings. The molecule has 0 radical (unpaired) electrons. The zero-order valence-electron chi connectivity index (χ0n) is 16.5. The van der Waals surface area contributed by atoms with Crippen molar-refractivity contribution in [2.75, 3.05) is 26.2 Å². The van der Waals surface area contributed by atoms with Crippen molar-refractivity contribution < 1.29 is 35.9 Å². The van der Waals surface area contributed by atoms with E-state index in [1.165, 1.54) is 15.9 Å². The monoisotopic (exact) mass is 463 g/mol. The molecule has 3 amide bonds. The molecule has 13 heteroatoms. The standard InChI is InChI=1S/C19H19F6N5O2/c20-18(21,22)13-7-10(1-2-11(13)9-26)12-8-14(28-15(12)19(23,24)25)16(31)29-3-5-30(6-4-29)17(27)32/h1-2,7,12,14-15,28H,3-6,8H2,(H2,27,32)/t12?,14-,15+/m0/s1. The highest BCUT2D eigenvalue weighted by Crippen LogP contribution is 2.42. The van der Waals surface area contributed by atoms with E-state index in [0.29, 0.717) is 6.07 Å². The quantitative estimate of drug-likeness (QED) is 0.657. The highest BCUT2D eigenvalue weighted by molar-refractivity contribution is 5.83. The minimum absolute atomic E-state index is 0.0798. The van der Waals surface area contributed by atoms with E-state index >= 15 is 0 Å². The number of piperazine rings is 1. The number of carbonyl (C=O) groups excluding carboxylic acids is 2. The molecule has 2 aliphatic rings. The molecule has 2 heterocycles. The average molecular weight is 463 g/mol. The number of nitrogens with two attached hydrogens (primary N) is 1. The number of nitrogens with zero attached hydrogens (tertiary/aromatic N) is 3. The maximum Gasteiger partial charge on any atom is 0.417 e. The minimum Gasteiger partial charge on any atom is -0.351 e. The number of benzene rings is 1. The van der Waals surface area contributed by atoms with Crippen molar-refractivity contribution in [3.8, 4) is 6.07 Å². The largest absolute Gasteiger partial charge is 0.417 e. The number of halogens is 6. The van der Waals surface area contributed by atoms with E-state index in [1.807, 2.05) is 0 Å². The summed E-state index contributed by atoms with van der Waals surface area (Å²) in [5.41, 5.74) is 2.88. The number of nitriles is 1. The summed E-state index contributed by atoms with van der Waals surface area (Å²) in [5, 5.41) is 11.1. The van der Waals surface area contributed by atoms with Gasteiger partial charge >= 0.3 is 18.4 Å². The van der Waals surface area contributed by atoms with Crippen LogP contribution in [0.2, 0.25) is 0 Å². The Morgan fingerprint density at radius 1 is 1.06 bits per heavy atom. The van der Waals surface area contributed by atoms with Crippen molar-refractivity contribution in [2.24, 2.45) is 5.73 Å². The van der Waals surface area contributed by atoms with E-state index in [4.69, 9.17) is 11.0 Å². The van der Waals surface area contributed by atoms with Crippen molar-refractivity contribution >= 4 is 11.9 Å². The number of urea groups is 1. The Morgan fingerprint density at radius 3 is 2.16 bits per heavy atom. The molecular weight excluding hydrogens is 444 g/mol. The lowest BCUT2D eigenvalue weighted by Gasteiger charge is -2.35. The highest BCUT2D eigenvalue weighted by Gasteiger charge is 2.53. The normalized spacial score (nSPS) is 24.3. The second-order valence-corrected chi connectivity index (χ2v) is 7.65. The number of amides is 3. The van der Waals surface area contributed by atoms with Gasteiger partial charge in [0.25, 0.3) is 0 Å². The number of rotatable bonds is 2. The Balaban J connectivity index is 1.85. The summed E-state index contributed by atoms with van der Waals surface area (Å²) in [5.74, 6) is -2.08. The number of hydrogen-bond acceptors (Lipinski definition) is 4. The molecule has 7 nitrogen and oxygen atoms in total. The molecule has 1 aromatic carbocycles. The van der Waals surface area contributed by atoms with Crippen molar-refractivity contribution in [1.82, 2.24) is 15.1 Å². The van der Waals surface area contributed by atoms with E-state index in [1.54, 1.807) is 0 Å². The summed E-state index contributed by atoms with van der Waals surface area (Å²) in [6.07, 6.45) is -10.1. The van der Waals surface area contributed by atoms with Gasteiger partial charge in [-0.1, -0.05) is 6.07 Å². The maximum atomic E-state index is 13.7. The van der Waals surface area contributed by atoms with Gasteiger partial charge in [0, 0.05) is 32.1 Å². The molecule has 3 rings (SSSR count). The Morgan fingerprint density at radius 2 is 1.66 bits per heavy atom. The second kappa shape index (κ2) is 8.50. The van der Waals surface area contributed by atoms with Crippen LogP contribution < -0.4 is 11.1 Å². The first-order chi connectivity index (χ1) is 14.8. The van der Waals surface area contributed by atoms with Crippen LogP contribution in [-0.2, 0) is 11.0 Å². The van der Waals surface area contributed by atoms with E-state index in [-0.39, 0.29) is 38.2 Å². The van der Waals surface area contributed by atoms with Crippen molar-refractivity contribution in [3.05, 3.63) is 34.9 Å². The van der Waals surface area contributed by atoms with Gasteiger partial charge in [-0.15, -0.1) is 0 Å². The summed E-state index contributed by atoms with van der Waals surface area (Å²) in [7, 11) is 0. The Hall–Kier alpha value is -3.01. The molecule has 32 heavy (non-hydrogen) atoms. The van der Waals surface area contributed by atoms with Crippen LogP contribution in [0, 0.1) is 11.3 Å². The first kappa shape index (κ1) is 23.6. The molecule has 2 saturated heterocycles. The van der Waals surface area contributed by atoms with E-state index in [0.717, 1.165) is 12.1 Å². The molecule has 0 spiro atoms. The summed E-state index contributed by atoms with van der Waals surface area (Å²) >= 11 is 0. The van der Waals surface area contributed by atoms with Crippen LogP contribution in [0.1, 0.15) is 29.0 Å². The Bertz CT molecular complexity index is 934. The van der Waals surface area contributed by atoms with Gasteiger partial charge in [0.2, 0.25) is 5.91 Å². The summed E-state index contributed by atoms with van der Waals surface area (Å²) in [4.78, 5) is 26.6. The number of primary amides is 1. The molecule has 1 aromatic rings. The van der Waals surface area contributed by atoms with Crippen LogP contribution in [0.5, 0.6) is 0 Å². The molecule has 1 unspecified atom stereocenters. The molecule has 0 saturated carbocycles. The van der Waals surface area contributed by atoms with Crippen LogP contribution in [-0.4, -0.2) is 66.2 Å². The zero-order valence-corrected chi connectivity index (χ0v) is 16.5. The van der Waals surface area contributed by atoms with Gasteiger partial charge in [0.05, 0.1) is 23.2 Å². The van der Waals surface area contributed by atoms with Crippen molar-refractivity contribution in [2.45, 2.75) is 36.8 Å². The molecule has 174 valence electrons. The Labute approximate surface area is 178 Å². The SMILES string of the molecule is N#Cc1ccc(C2C[C@@H](C(=O)N3CCN(C(N)=O)CC3)N[C@H]2C(F)(F)F)cc1C(F)(F)F. The molecule has 3 atom stereocenters. The fourth-order valence-corrected chi connectivity index (χ4v) is 4.11. The van der Waals surface area contributed by atoms with Crippen molar-refractivity contribution in [1.29, 1.82) is 5.26 Å². The van der Waals surface area contributed by atoms with Crippen molar-refractivity contribution in [3.63, 3.8) is 0 Å². The highest BCUT2D eigenvalue weighted by atomic mass is 19.4. The number of hydrogen-bond donors (Lipinski definition) is 2. The summed E-state index contributed by atoms with van der Waals surface area (Å²) < 4.78 is 80.9. The van der Waals surface area contributed by atoms with Crippen LogP contribution in [0.3, 0.4) is 0 Å². The lowest BCUT2D eigenvalue weighted by Crippen LogP contribution is -2.56. The molecule has 3 N–H and O–H groups in total. The maximum absolute atomic E-state index is 13.7. The van der Waals surface area contributed by atoms with Crippen LogP contribution in [0.4, 0.5) is 31.1 Å². The molecule has 0 bridgehead atoms. The smallest absolute Gasteiger partial charge is 0.351 e. The topological polar surface area (TPSA) is 102 Å². The van der Waals surface area contributed by atoms with Gasteiger partial charge in [-0.3, -0.25) is 10.1 Å². The molecule has 2 aliphatic heterocycles. The summed E-state index contributed by atoms with van der Waals surface area (Å²) in [6.45, 7) is 0.418. The van der Waals surface area contributed by atoms with Gasteiger partial charge in [-0.05, 0) is 24.1 Å². The average Bonchev–Trinajstić information content (AvgIpc) is 3.18. The predicted octanol–water partition coefficient (Wildman–Crippen LogP) is 2.18. The van der Waals surface area contributed by atoms with Gasteiger partial charge in [-0.25, -0.2) is 4.79 Å². The Kier molecular flexibility index (Phi) is 6.28. The lowest BCUT2D eigenvalue weighted by atomic mass is 9.88. The molecule has 0 aliphatic carbocycles. The van der Waals surface area contributed by atoms with Gasteiger partial charge in [0.15, 0.2) is 0 Å². The second-order valence-electron chi connectivity index (χ2n) is 7.65. The van der Waals surface area contributed by atoms with Crippen LogP contribution >= 0.6 is 0 Å². The third kappa shape index (κ3) is 4.74. The predicted molar refractivity (Wildman–Crippen MR) is 98.0 cm³/mol. The van der Waals surface area contributed by atoms with Crippen LogP contribution in [0.25, 0.3) is 0 Å². The first-order valence-corrected chi connectivity index (χ1v) is 9.60. The van der Waals surface area contributed by atoms with Gasteiger partial charge < -0.3 is 15.5 Å². The fourth-order valence-electron chi connectivity index (χ4n) is 4.11. The number of alkyl halides is 6. The van der Waals surface area contributed by atoms with E-state index in [2.05, 4.69) is 5.32 Å². The van der Waals surface area contributed by atoms with E-state index < -0.39 is 53.4 Å². The van der Waals surface area contributed by atoms with Crippen LogP contribution in [0.15, 0.2) is 18.2 Å². The minimum atomic E-state index is -4.92. The summed E-state index contributed by atoms with van der Waals surface area (Å²) in [6, 6.07) is -0.356. The van der Waals surface area contributed by atoms with E-state index in [9.17, 15) is 35.9 Å². The lowest BCUT2D eigenvalue weighted by molar-refractivity contribution is -0.156. The first-order valence-electron chi connectivity index (χ1n) is 9.60. The third-order valence-electron chi connectivity index (χ3n) is 5.72. The fraction of sp³-hybridized carbons (Fsp3) is 0.526.